The zero-order chi connectivity index (χ0) is 20.1. The van der Waals surface area contributed by atoms with Crippen LogP contribution in [0.3, 0.4) is 0 Å². The summed E-state index contributed by atoms with van der Waals surface area (Å²) in [5, 5.41) is 0. The summed E-state index contributed by atoms with van der Waals surface area (Å²) in [6.07, 6.45) is -4.45. The zero-order valence-corrected chi connectivity index (χ0v) is 14.4. The molecule has 0 atom stereocenters. The van der Waals surface area contributed by atoms with Gasteiger partial charge in [0, 0.05) is 17.2 Å². The van der Waals surface area contributed by atoms with Crippen molar-refractivity contribution in [1.29, 1.82) is 0 Å². The van der Waals surface area contributed by atoms with Gasteiger partial charge in [-0.1, -0.05) is 12.1 Å². The molecule has 4 rings (SSSR count). The van der Waals surface area contributed by atoms with Gasteiger partial charge in [0.25, 0.3) is 11.8 Å². The van der Waals surface area contributed by atoms with Gasteiger partial charge in [0.05, 0.1) is 30.0 Å². The van der Waals surface area contributed by atoms with Gasteiger partial charge in [0.2, 0.25) is 0 Å². The Kier molecular flexibility index (Phi) is 4.41. The Bertz CT molecular complexity index is 919. The predicted molar refractivity (Wildman–Crippen MR) is 87.7 cm³/mol. The number of hydrogen-bond acceptors (Lipinski definition) is 4. The minimum absolute atomic E-state index is 0.0831. The summed E-state index contributed by atoms with van der Waals surface area (Å²) in [7, 11) is 0. The number of halogens is 4. The first-order chi connectivity index (χ1) is 13.2. The standard InChI is InChI=1S/C19H14F4N2O3/c20-15-8-24-16(10-5-12(6-10)28-19(21,22)23)7-11(15)9-25-17(26)13-3-1-2-4-14(13)18(25)27/h1-4,7-8,10,12H,5-6,9H2. The van der Waals surface area contributed by atoms with E-state index in [2.05, 4.69) is 9.72 Å². The monoisotopic (exact) mass is 394 g/mol. The molecule has 1 fully saturated rings. The highest BCUT2D eigenvalue weighted by molar-refractivity contribution is 6.21. The second kappa shape index (κ2) is 6.66. The maximum absolute atomic E-state index is 14.2. The van der Waals surface area contributed by atoms with Crippen LogP contribution in [0.15, 0.2) is 36.5 Å². The summed E-state index contributed by atoms with van der Waals surface area (Å²) in [5.41, 5.74) is 1.01. The van der Waals surface area contributed by atoms with Crippen LogP contribution in [-0.2, 0) is 11.3 Å². The van der Waals surface area contributed by atoms with E-state index in [0.29, 0.717) is 5.69 Å². The van der Waals surface area contributed by atoms with Crippen LogP contribution < -0.4 is 0 Å². The average molecular weight is 394 g/mol. The van der Waals surface area contributed by atoms with E-state index in [-0.39, 0.29) is 42.0 Å². The number of benzene rings is 1. The Hall–Kier alpha value is -2.81. The van der Waals surface area contributed by atoms with E-state index in [1.807, 2.05) is 0 Å². The van der Waals surface area contributed by atoms with E-state index >= 15 is 0 Å². The molecule has 1 aliphatic carbocycles. The van der Waals surface area contributed by atoms with Crippen molar-refractivity contribution < 1.29 is 31.9 Å². The molecule has 5 nitrogen and oxygen atoms in total. The summed E-state index contributed by atoms with van der Waals surface area (Å²) in [6, 6.07) is 7.72. The van der Waals surface area contributed by atoms with Gasteiger partial charge in [0.15, 0.2) is 0 Å². The van der Waals surface area contributed by atoms with Crippen LogP contribution in [0.5, 0.6) is 0 Å². The van der Waals surface area contributed by atoms with E-state index in [1.165, 1.54) is 18.2 Å². The Balaban J connectivity index is 1.49. The van der Waals surface area contributed by atoms with Crippen LogP contribution in [0.2, 0.25) is 0 Å². The maximum Gasteiger partial charge on any atom is 0.522 e. The first kappa shape index (κ1) is 18.5. The average Bonchev–Trinajstić information content (AvgIpc) is 2.84. The normalized spacial score (nSPS) is 21.6. The molecule has 146 valence electrons. The molecule has 2 amide bonds. The lowest BCUT2D eigenvalue weighted by atomic mass is 9.79. The molecule has 28 heavy (non-hydrogen) atoms. The highest BCUT2D eigenvalue weighted by Gasteiger charge is 2.41. The van der Waals surface area contributed by atoms with Crippen molar-refractivity contribution in [2.45, 2.75) is 37.8 Å². The minimum Gasteiger partial charge on any atom is -0.289 e. The first-order valence-corrected chi connectivity index (χ1v) is 8.57. The van der Waals surface area contributed by atoms with E-state index in [9.17, 15) is 27.2 Å². The zero-order valence-electron chi connectivity index (χ0n) is 14.4. The molecular formula is C19H14F4N2O3. The van der Waals surface area contributed by atoms with Gasteiger partial charge in [0.1, 0.15) is 5.82 Å². The Morgan fingerprint density at radius 2 is 1.71 bits per heavy atom. The van der Waals surface area contributed by atoms with Crippen LogP contribution >= 0.6 is 0 Å². The molecular weight excluding hydrogens is 380 g/mol. The Morgan fingerprint density at radius 3 is 2.29 bits per heavy atom. The number of pyridine rings is 1. The smallest absolute Gasteiger partial charge is 0.289 e. The quantitative estimate of drug-likeness (QED) is 0.585. The molecule has 2 aliphatic rings. The summed E-state index contributed by atoms with van der Waals surface area (Å²) < 4.78 is 54.8. The molecule has 1 aliphatic heterocycles. The Morgan fingerprint density at radius 1 is 1.11 bits per heavy atom. The fourth-order valence-corrected chi connectivity index (χ4v) is 3.49. The fraction of sp³-hybridized carbons (Fsp3) is 0.316. The topological polar surface area (TPSA) is 59.5 Å². The number of hydrogen-bond donors (Lipinski definition) is 0. The predicted octanol–water partition coefficient (Wildman–Crippen LogP) is 3.80. The molecule has 0 N–H and O–H groups in total. The minimum atomic E-state index is -4.69. The van der Waals surface area contributed by atoms with Crippen LogP contribution in [0.25, 0.3) is 0 Å². The molecule has 0 radical (unpaired) electrons. The third-order valence-electron chi connectivity index (χ3n) is 4.98. The van der Waals surface area contributed by atoms with E-state index in [0.717, 1.165) is 11.1 Å². The summed E-state index contributed by atoms with van der Waals surface area (Å²) >= 11 is 0. The van der Waals surface area contributed by atoms with Crippen LogP contribution in [0.4, 0.5) is 17.6 Å². The van der Waals surface area contributed by atoms with E-state index in [1.54, 1.807) is 12.1 Å². The molecule has 0 unspecified atom stereocenters. The number of fused-ring (bicyclic) bond motifs is 1. The SMILES string of the molecule is O=C1c2ccccc2C(=O)N1Cc1cc(C2CC(OC(F)(F)F)C2)ncc1F. The maximum atomic E-state index is 14.2. The molecule has 0 bridgehead atoms. The molecule has 0 saturated heterocycles. The number of amides is 2. The van der Waals surface area contributed by atoms with Gasteiger partial charge in [-0.25, -0.2) is 4.39 Å². The number of carbonyl (C=O) groups excluding carboxylic acids is 2. The summed E-state index contributed by atoms with van der Waals surface area (Å²) in [4.78, 5) is 29.7. The third-order valence-corrected chi connectivity index (χ3v) is 4.98. The fourth-order valence-electron chi connectivity index (χ4n) is 3.49. The van der Waals surface area contributed by atoms with Crippen molar-refractivity contribution in [2.24, 2.45) is 0 Å². The Labute approximate surface area is 156 Å². The van der Waals surface area contributed by atoms with Crippen molar-refractivity contribution in [3.8, 4) is 0 Å². The lowest BCUT2D eigenvalue weighted by Crippen LogP contribution is -2.35. The summed E-state index contributed by atoms with van der Waals surface area (Å²) in [6.45, 7) is -0.275. The van der Waals surface area contributed by atoms with Gasteiger partial charge >= 0.3 is 6.36 Å². The summed E-state index contributed by atoms with van der Waals surface area (Å²) in [5.74, 6) is -2.02. The van der Waals surface area contributed by atoms with Crippen LogP contribution in [0.1, 0.15) is 50.7 Å². The van der Waals surface area contributed by atoms with E-state index in [4.69, 9.17) is 0 Å². The number of nitrogens with zero attached hydrogens (tertiary/aromatic N) is 2. The van der Waals surface area contributed by atoms with Crippen molar-refractivity contribution in [1.82, 2.24) is 9.88 Å². The van der Waals surface area contributed by atoms with Gasteiger partial charge in [-0.3, -0.25) is 24.2 Å². The number of aromatic nitrogens is 1. The number of alkyl halides is 3. The third kappa shape index (κ3) is 3.37. The van der Waals surface area contributed by atoms with Gasteiger partial charge in [-0.15, -0.1) is 13.2 Å². The van der Waals surface area contributed by atoms with Crippen LogP contribution in [0, 0.1) is 5.82 Å². The number of ether oxygens (including phenoxy) is 1. The highest BCUT2D eigenvalue weighted by Crippen LogP contribution is 2.41. The van der Waals surface area contributed by atoms with Crippen LogP contribution in [-0.4, -0.2) is 34.2 Å². The van der Waals surface area contributed by atoms with Gasteiger partial charge in [-0.2, -0.15) is 0 Å². The van der Waals surface area contributed by atoms with Crippen molar-refractivity contribution >= 4 is 11.8 Å². The first-order valence-electron chi connectivity index (χ1n) is 8.57. The molecule has 1 saturated carbocycles. The number of rotatable bonds is 4. The molecule has 0 spiro atoms. The lowest BCUT2D eigenvalue weighted by molar-refractivity contribution is -0.351. The van der Waals surface area contributed by atoms with Gasteiger partial charge < -0.3 is 0 Å². The molecule has 2 aromatic rings. The lowest BCUT2D eigenvalue weighted by Gasteiger charge is -2.35. The molecule has 9 heteroatoms. The largest absolute Gasteiger partial charge is 0.522 e. The highest BCUT2D eigenvalue weighted by atomic mass is 19.4. The van der Waals surface area contributed by atoms with Gasteiger partial charge in [-0.05, 0) is 31.0 Å². The van der Waals surface area contributed by atoms with Crippen molar-refractivity contribution in [3.63, 3.8) is 0 Å². The van der Waals surface area contributed by atoms with Crippen molar-refractivity contribution in [3.05, 3.63) is 64.7 Å². The second-order valence-corrected chi connectivity index (χ2v) is 6.80. The molecule has 1 aromatic carbocycles. The number of carbonyl (C=O) groups is 2. The molecule has 1 aromatic heterocycles. The molecule has 2 heterocycles. The second-order valence-electron chi connectivity index (χ2n) is 6.80. The van der Waals surface area contributed by atoms with Crippen molar-refractivity contribution in [2.75, 3.05) is 0 Å². The van der Waals surface area contributed by atoms with E-state index < -0.39 is 30.1 Å². The number of imide groups is 1.